The SMILES string of the molecule is Oc1cccc2c1C[C@H]1C[C@H]2CN(c2nc(Cl)nc(NCc3ccco3)n2)C1. The molecule has 28 heavy (non-hydrogen) atoms. The maximum Gasteiger partial charge on any atom is 0.231 e. The first-order valence-corrected chi connectivity index (χ1v) is 9.77. The monoisotopic (exact) mass is 397 g/mol. The molecule has 0 radical (unpaired) electrons. The molecule has 2 atom stereocenters. The second-order valence-corrected chi connectivity index (χ2v) is 7.75. The lowest BCUT2D eigenvalue weighted by Gasteiger charge is -2.42. The van der Waals surface area contributed by atoms with Gasteiger partial charge in [0.05, 0.1) is 12.8 Å². The van der Waals surface area contributed by atoms with Crippen LogP contribution >= 0.6 is 11.6 Å². The number of hydrogen-bond donors (Lipinski definition) is 2. The molecule has 0 spiro atoms. The van der Waals surface area contributed by atoms with Gasteiger partial charge < -0.3 is 19.7 Å². The second-order valence-electron chi connectivity index (χ2n) is 7.41. The van der Waals surface area contributed by atoms with Crippen molar-refractivity contribution in [3.63, 3.8) is 0 Å². The first-order valence-electron chi connectivity index (χ1n) is 9.39. The first kappa shape index (κ1) is 17.3. The van der Waals surface area contributed by atoms with Gasteiger partial charge in [0.2, 0.25) is 17.2 Å². The fourth-order valence-corrected chi connectivity index (χ4v) is 4.52. The molecular formula is C20H20ClN5O2. The van der Waals surface area contributed by atoms with Crippen molar-refractivity contribution in [3.8, 4) is 5.75 Å². The van der Waals surface area contributed by atoms with Crippen LogP contribution in [-0.4, -0.2) is 33.1 Å². The van der Waals surface area contributed by atoms with E-state index in [0.717, 1.165) is 37.3 Å². The smallest absolute Gasteiger partial charge is 0.231 e. The van der Waals surface area contributed by atoms with Gasteiger partial charge in [-0.25, -0.2) is 0 Å². The van der Waals surface area contributed by atoms with Crippen LogP contribution in [0, 0.1) is 5.92 Å². The number of halogens is 1. The van der Waals surface area contributed by atoms with Gasteiger partial charge in [-0.1, -0.05) is 12.1 Å². The Balaban J connectivity index is 1.38. The van der Waals surface area contributed by atoms with E-state index < -0.39 is 0 Å². The summed E-state index contributed by atoms with van der Waals surface area (Å²) in [6.45, 7) is 2.11. The average molecular weight is 398 g/mol. The van der Waals surface area contributed by atoms with Gasteiger partial charge in [0.1, 0.15) is 11.5 Å². The molecule has 0 amide bonds. The summed E-state index contributed by atoms with van der Waals surface area (Å²) in [5.74, 6) is 3.02. The standard InChI is InChI=1S/C20H20ClN5O2/c21-18-23-19(22-9-14-3-2-6-28-14)25-20(24-18)26-10-12-7-13(11-26)15-4-1-5-17(27)16(15)8-12/h1-6,12-13,27H,7-11H2,(H,22,23,24,25)/t12-,13+/m1/s1. The number of benzene rings is 1. The van der Waals surface area contributed by atoms with Crippen molar-refractivity contribution in [3.05, 3.63) is 58.8 Å². The number of aromatic hydroxyl groups is 1. The molecular weight excluding hydrogens is 378 g/mol. The van der Waals surface area contributed by atoms with E-state index in [2.05, 4.69) is 31.2 Å². The molecule has 1 saturated heterocycles. The first-order chi connectivity index (χ1) is 13.7. The lowest BCUT2D eigenvalue weighted by Crippen LogP contribution is -2.43. The molecule has 2 N–H and O–H groups in total. The Labute approximate surface area is 167 Å². The molecule has 7 nitrogen and oxygen atoms in total. The number of rotatable bonds is 4. The van der Waals surface area contributed by atoms with E-state index in [-0.39, 0.29) is 5.28 Å². The number of fused-ring (bicyclic) bond motifs is 4. The van der Waals surface area contributed by atoms with Crippen LogP contribution in [0.4, 0.5) is 11.9 Å². The Kier molecular flexibility index (Phi) is 4.31. The number of anilines is 2. The Morgan fingerprint density at radius 1 is 1.18 bits per heavy atom. The van der Waals surface area contributed by atoms with E-state index in [9.17, 15) is 5.11 Å². The van der Waals surface area contributed by atoms with Crippen LogP contribution < -0.4 is 10.2 Å². The van der Waals surface area contributed by atoms with E-state index in [1.54, 1.807) is 12.3 Å². The van der Waals surface area contributed by atoms with Crippen LogP contribution in [0.3, 0.4) is 0 Å². The second kappa shape index (κ2) is 6.98. The normalized spacial score (nSPS) is 20.7. The van der Waals surface area contributed by atoms with E-state index in [1.807, 2.05) is 18.2 Å². The van der Waals surface area contributed by atoms with Crippen molar-refractivity contribution < 1.29 is 9.52 Å². The third kappa shape index (κ3) is 3.26. The fourth-order valence-electron chi connectivity index (χ4n) is 4.37. The number of nitrogens with zero attached hydrogens (tertiary/aromatic N) is 4. The highest BCUT2D eigenvalue weighted by Gasteiger charge is 2.36. The Morgan fingerprint density at radius 2 is 2.11 bits per heavy atom. The Bertz CT molecular complexity index is 994. The average Bonchev–Trinajstić information content (AvgIpc) is 3.20. The number of phenols is 1. The van der Waals surface area contributed by atoms with Crippen molar-refractivity contribution >= 4 is 23.5 Å². The van der Waals surface area contributed by atoms with E-state index >= 15 is 0 Å². The number of furan rings is 1. The summed E-state index contributed by atoms with van der Waals surface area (Å²) in [5, 5.41) is 13.5. The number of hydrogen-bond acceptors (Lipinski definition) is 7. The number of nitrogens with one attached hydrogen (secondary N) is 1. The molecule has 8 heteroatoms. The molecule has 2 bridgehead atoms. The highest BCUT2D eigenvalue weighted by Crippen LogP contribution is 2.42. The maximum atomic E-state index is 10.2. The lowest BCUT2D eigenvalue weighted by molar-refractivity contribution is 0.339. The highest BCUT2D eigenvalue weighted by atomic mass is 35.5. The predicted molar refractivity (Wildman–Crippen MR) is 106 cm³/mol. The van der Waals surface area contributed by atoms with Crippen molar-refractivity contribution in [1.29, 1.82) is 0 Å². The van der Waals surface area contributed by atoms with Gasteiger partial charge in [0.15, 0.2) is 0 Å². The van der Waals surface area contributed by atoms with Crippen LogP contribution in [0.25, 0.3) is 0 Å². The number of aromatic nitrogens is 3. The molecule has 1 aromatic carbocycles. The zero-order valence-corrected chi connectivity index (χ0v) is 15.9. The topological polar surface area (TPSA) is 87.3 Å². The van der Waals surface area contributed by atoms with Gasteiger partial charge in [-0.3, -0.25) is 0 Å². The molecule has 1 aliphatic heterocycles. The molecule has 5 rings (SSSR count). The summed E-state index contributed by atoms with van der Waals surface area (Å²) in [4.78, 5) is 15.3. The molecule has 144 valence electrons. The Hall–Kier alpha value is -2.80. The number of phenolic OH excluding ortho intramolecular Hbond substituents is 1. The largest absolute Gasteiger partial charge is 0.508 e. The van der Waals surface area contributed by atoms with Crippen LogP contribution in [0.15, 0.2) is 41.0 Å². The van der Waals surface area contributed by atoms with Gasteiger partial charge in [0, 0.05) is 19.0 Å². The van der Waals surface area contributed by atoms with Crippen LogP contribution in [0.1, 0.15) is 29.2 Å². The van der Waals surface area contributed by atoms with E-state index in [1.165, 1.54) is 5.56 Å². The van der Waals surface area contributed by atoms with Crippen LogP contribution in [-0.2, 0) is 13.0 Å². The summed E-state index contributed by atoms with van der Waals surface area (Å²) in [7, 11) is 0. The van der Waals surface area contributed by atoms with Gasteiger partial charge in [-0.05, 0) is 59.7 Å². The minimum absolute atomic E-state index is 0.167. The lowest BCUT2D eigenvalue weighted by atomic mass is 9.73. The minimum Gasteiger partial charge on any atom is -0.508 e. The van der Waals surface area contributed by atoms with Gasteiger partial charge in [0.25, 0.3) is 0 Å². The predicted octanol–water partition coefficient (Wildman–Crippen LogP) is 3.60. The van der Waals surface area contributed by atoms with Crippen molar-refractivity contribution in [2.45, 2.75) is 25.3 Å². The van der Waals surface area contributed by atoms with Crippen LogP contribution in [0.5, 0.6) is 5.75 Å². The summed E-state index contributed by atoms with van der Waals surface area (Å²) in [6, 6.07) is 9.54. The third-order valence-electron chi connectivity index (χ3n) is 5.54. The van der Waals surface area contributed by atoms with E-state index in [4.69, 9.17) is 16.0 Å². The fraction of sp³-hybridized carbons (Fsp3) is 0.350. The van der Waals surface area contributed by atoms with Crippen LogP contribution in [0.2, 0.25) is 5.28 Å². The summed E-state index contributed by atoms with van der Waals surface area (Å²) in [6.07, 6.45) is 3.62. The van der Waals surface area contributed by atoms with Gasteiger partial charge in [-0.2, -0.15) is 15.0 Å². The van der Waals surface area contributed by atoms with Crippen molar-refractivity contribution in [1.82, 2.24) is 15.0 Å². The molecule has 2 aliphatic rings. The van der Waals surface area contributed by atoms with Crippen molar-refractivity contribution in [2.75, 3.05) is 23.3 Å². The third-order valence-corrected chi connectivity index (χ3v) is 5.71. The minimum atomic E-state index is 0.167. The van der Waals surface area contributed by atoms with Crippen molar-refractivity contribution in [2.24, 2.45) is 5.92 Å². The van der Waals surface area contributed by atoms with Gasteiger partial charge >= 0.3 is 0 Å². The molecule has 1 fully saturated rings. The summed E-state index contributed by atoms with van der Waals surface area (Å²) >= 11 is 6.17. The summed E-state index contributed by atoms with van der Waals surface area (Å²) < 4.78 is 5.33. The molecule has 0 unspecified atom stereocenters. The highest BCUT2D eigenvalue weighted by molar-refractivity contribution is 6.28. The molecule has 3 aromatic rings. The zero-order chi connectivity index (χ0) is 19.1. The molecule has 2 aromatic heterocycles. The Morgan fingerprint density at radius 3 is 2.96 bits per heavy atom. The zero-order valence-electron chi connectivity index (χ0n) is 15.2. The van der Waals surface area contributed by atoms with E-state index in [0.29, 0.717) is 36.0 Å². The van der Waals surface area contributed by atoms with Gasteiger partial charge in [-0.15, -0.1) is 0 Å². The quantitative estimate of drug-likeness (QED) is 0.695. The molecule has 3 heterocycles. The maximum absolute atomic E-state index is 10.2. The summed E-state index contributed by atoms with van der Waals surface area (Å²) in [5.41, 5.74) is 2.33. The number of piperidine rings is 1. The molecule has 0 saturated carbocycles. The molecule has 1 aliphatic carbocycles.